The van der Waals surface area contributed by atoms with E-state index in [1.54, 1.807) is 18.2 Å². The molecule has 0 saturated heterocycles. The van der Waals surface area contributed by atoms with Gasteiger partial charge in [-0.3, -0.25) is 0 Å². The molecule has 0 spiro atoms. The van der Waals surface area contributed by atoms with Crippen molar-refractivity contribution in [2.24, 2.45) is 0 Å². The van der Waals surface area contributed by atoms with E-state index in [2.05, 4.69) is 18.7 Å². The summed E-state index contributed by atoms with van der Waals surface area (Å²) in [6, 6.07) is 8.93. The van der Waals surface area contributed by atoms with Gasteiger partial charge in [-0.25, -0.2) is 0 Å². The third-order valence-electron chi connectivity index (χ3n) is 2.80. The molecule has 94 valence electrons. The minimum atomic E-state index is 0.359. The third-order valence-corrected chi connectivity index (χ3v) is 2.80. The van der Waals surface area contributed by atoms with Crippen molar-refractivity contribution in [2.45, 2.75) is 13.8 Å². The summed E-state index contributed by atoms with van der Waals surface area (Å²) >= 11 is 0. The molecule has 0 aliphatic heterocycles. The van der Waals surface area contributed by atoms with E-state index >= 15 is 0 Å². The molecule has 0 radical (unpaired) electrons. The molecule has 0 aromatic heterocycles. The van der Waals surface area contributed by atoms with Gasteiger partial charge in [0.1, 0.15) is 24.5 Å². The summed E-state index contributed by atoms with van der Waals surface area (Å²) < 4.78 is 5.58. The second-order valence-electron chi connectivity index (χ2n) is 3.81. The lowest BCUT2D eigenvalue weighted by Crippen LogP contribution is -2.27. The normalized spacial score (nSPS) is 9.83. The van der Waals surface area contributed by atoms with E-state index in [1.807, 2.05) is 12.1 Å². The van der Waals surface area contributed by atoms with E-state index in [-0.39, 0.29) is 0 Å². The number of hydrogen-bond donors (Lipinski definition) is 0. The maximum Gasteiger partial charge on any atom is 0.120 e. The molecule has 0 fully saturated rings. The number of benzene rings is 1. The first kappa shape index (κ1) is 14.0. The molecule has 0 heterocycles. The van der Waals surface area contributed by atoms with Crippen molar-refractivity contribution >= 4 is 0 Å². The Kier molecular flexibility index (Phi) is 5.70. The average molecular weight is 243 g/mol. The van der Waals surface area contributed by atoms with Crippen molar-refractivity contribution in [2.75, 3.05) is 26.2 Å². The van der Waals surface area contributed by atoms with Gasteiger partial charge >= 0.3 is 0 Å². The summed E-state index contributed by atoms with van der Waals surface area (Å²) in [4.78, 5) is 2.26. The van der Waals surface area contributed by atoms with Crippen LogP contribution < -0.4 is 4.74 Å². The third kappa shape index (κ3) is 3.76. The Morgan fingerprint density at radius 3 is 2.33 bits per heavy atom. The quantitative estimate of drug-likeness (QED) is 0.768. The molecular weight excluding hydrogens is 226 g/mol. The zero-order valence-corrected chi connectivity index (χ0v) is 10.8. The molecule has 0 atom stereocenters. The molecule has 1 aromatic carbocycles. The number of hydrogen-bond acceptors (Lipinski definition) is 4. The molecule has 1 rings (SSSR count). The second kappa shape index (κ2) is 7.32. The number of nitrogens with zero attached hydrogens (tertiary/aromatic N) is 3. The predicted molar refractivity (Wildman–Crippen MR) is 69.2 cm³/mol. The monoisotopic (exact) mass is 243 g/mol. The van der Waals surface area contributed by atoms with Gasteiger partial charge in [-0.1, -0.05) is 13.8 Å². The van der Waals surface area contributed by atoms with Crippen LogP contribution in [0.3, 0.4) is 0 Å². The van der Waals surface area contributed by atoms with E-state index in [0.29, 0.717) is 23.5 Å². The van der Waals surface area contributed by atoms with Crippen LogP contribution in [0.2, 0.25) is 0 Å². The number of likely N-dealkylation sites (N-methyl/N-ethyl adjacent to an activating group) is 1. The highest BCUT2D eigenvalue weighted by Crippen LogP contribution is 2.16. The van der Waals surface area contributed by atoms with Crippen LogP contribution in [0.25, 0.3) is 0 Å². The van der Waals surface area contributed by atoms with E-state index < -0.39 is 0 Å². The fourth-order valence-corrected chi connectivity index (χ4v) is 1.64. The summed E-state index contributed by atoms with van der Waals surface area (Å²) in [5.41, 5.74) is 0.742. The van der Waals surface area contributed by atoms with Crippen LogP contribution in [0.4, 0.5) is 0 Å². The fourth-order valence-electron chi connectivity index (χ4n) is 1.64. The summed E-state index contributed by atoms with van der Waals surface area (Å²) in [5, 5.41) is 17.7. The van der Waals surface area contributed by atoms with Crippen molar-refractivity contribution in [3.63, 3.8) is 0 Å². The van der Waals surface area contributed by atoms with Crippen LogP contribution in [-0.4, -0.2) is 31.1 Å². The Labute approximate surface area is 108 Å². The number of rotatable bonds is 6. The van der Waals surface area contributed by atoms with Crippen LogP contribution in [0.5, 0.6) is 5.75 Å². The Morgan fingerprint density at radius 1 is 1.11 bits per heavy atom. The molecule has 4 heteroatoms. The molecule has 0 amide bonds. The zero-order valence-electron chi connectivity index (χ0n) is 10.8. The minimum Gasteiger partial charge on any atom is -0.492 e. The molecule has 0 unspecified atom stereocenters. The SMILES string of the molecule is CCN(CC)CCOc1ccc(C#N)c(C#N)c1. The summed E-state index contributed by atoms with van der Waals surface area (Å²) in [6.07, 6.45) is 0. The van der Waals surface area contributed by atoms with Gasteiger partial charge in [0.25, 0.3) is 0 Å². The highest BCUT2D eigenvalue weighted by molar-refractivity contribution is 5.49. The standard InChI is InChI=1S/C14H17N3O/c1-3-17(4-2)7-8-18-14-6-5-12(10-15)13(9-14)11-16/h5-6,9H,3-4,7-8H2,1-2H3. The zero-order chi connectivity index (χ0) is 13.4. The van der Waals surface area contributed by atoms with Crippen LogP contribution in [-0.2, 0) is 0 Å². The highest BCUT2D eigenvalue weighted by atomic mass is 16.5. The first-order valence-electron chi connectivity index (χ1n) is 6.04. The van der Waals surface area contributed by atoms with Crippen LogP contribution in [0.1, 0.15) is 25.0 Å². The molecule has 0 aliphatic carbocycles. The average Bonchev–Trinajstić information content (AvgIpc) is 2.43. The van der Waals surface area contributed by atoms with Gasteiger partial charge in [-0.05, 0) is 31.3 Å². The molecule has 4 nitrogen and oxygen atoms in total. The molecule has 0 aliphatic rings. The fraction of sp³-hybridized carbons (Fsp3) is 0.429. The van der Waals surface area contributed by atoms with Gasteiger partial charge in [0.2, 0.25) is 0 Å². The highest BCUT2D eigenvalue weighted by Gasteiger charge is 2.04. The molecule has 0 saturated carbocycles. The van der Waals surface area contributed by atoms with Crippen molar-refractivity contribution in [1.82, 2.24) is 4.90 Å². The van der Waals surface area contributed by atoms with Crippen LogP contribution >= 0.6 is 0 Å². The first-order valence-corrected chi connectivity index (χ1v) is 6.04. The summed E-state index contributed by atoms with van der Waals surface area (Å²) in [5.74, 6) is 0.637. The van der Waals surface area contributed by atoms with E-state index in [9.17, 15) is 0 Å². The maximum absolute atomic E-state index is 8.90. The van der Waals surface area contributed by atoms with Gasteiger partial charge in [-0.2, -0.15) is 10.5 Å². The van der Waals surface area contributed by atoms with Gasteiger partial charge < -0.3 is 9.64 Å². The van der Waals surface area contributed by atoms with E-state index in [4.69, 9.17) is 15.3 Å². The maximum atomic E-state index is 8.90. The molecular formula is C14H17N3O. The minimum absolute atomic E-state index is 0.359. The molecule has 1 aromatic rings. The largest absolute Gasteiger partial charge is 0.492 e. The lowest BCUT2D eigenvalue weighted by Gasteiger charge is -2.18. The van der Waals surface area contributed by atoms with Gasteiger partial charge in [0, 0.05) is 6.54 Å². The van der Waals surface area contributed by atoms with Crippen molar-refractivity contribution in [1.29, 1.82) is 10.5 Å². The molecule has 18 heavy (non-hydrogen) atoms. The topological polar surface area (TPSA) is 60.0 Å². The van der Waals surface area contributed by atoms with Crippen molar-refractivity contribution in [3.8, 4) is 17.9 Å². The summed E-state index contributed by atoms with van der Waals surface area (Å²) in [6.45, 7) is 7.65. The smallest absolute Gasteiger partial charge is 0.120 e. The van der Waals surface area contributed by atoms with Gasteiger partial charge in [0.15, 0.2) is 0 Å². The Morgan fingerprint density at radius 2 is 1.78 bits per heavy atom. The molecule has 0 bridgehead atoms. The van der Waals surface area contributed by atoms with Gasteiger partial charge in [-0.15, -0.1) is 0 Å². The molecule has 0 N–H and O–H groups in total. The van der Waals surface area contributed by atoms with Crippen LogP contribution in [0, 0.1) is 22.7 Å². The van der Waals surface area contributed by atoms with Crippen LogP contribution in [0.15, 0.2) is 18.2 Å². The van der Waals surface area contributed by atoms with Crippen molar-refractivity contribution in [3.05, 3.63) is 29.3 Å². The van der Waals surface area contributed by atoms with Crippen molar-refractivity contribution < 1.29 is 4.74 Å². The Hall–Kier alpha value is -2.04. The first-order chi connectivity index (χ1) is 8.74. The van der Waals surface area contributed by atoms with E-state index in [1.165, 1.54) is 0 Å². The number of ether oxygens (including phenoxy) is 1. The Balaban J connectivity index is 2.59. The second-order valence-corrected chi connectivity index (χ2v) is 3.81. The lowest BCUT2D eigenvalue weighted by atomic mass is 10.1. The Bertz CT molecular complexity index is 467. The van der Waals surface area contributed by atoms with Gasteiger partial charge in [0.05, 0.1) is 11.1 Å². The van der Waals surface area contributed by atoms with E-state index in [0.717, 1.165) is 19.6 Å². The lowest BCUT2D eigenvalue weighted by molar-refractivity contribution is 0.223. The number of nitriles is 2. The summed E-state index contributed by atoms with van der Waals surface area (Å²) in [7, 11) is 0. The predicted octanol–water partition coefficient (Wildman–Crippen LogP) is 2.15.